The first-order valence-corrected chi connectivity index (χ1v) is 29.6. The van der Waals surface area contributed by atoms with Gasteiger partial charge < -0.3 is 50.1 Å². The second kappa shape index (κ2) is 39.5. The molecule has 0 bridgehead atoms. The second-order valence-corrected chi connectivity index (χ2v) is 20.3. The molecular formula is C60H78N13O11S-. The Morgan fingerprint density at radius 1 is 0.576 bits per heavy atom. The number of rotatable bonds is 28. The third kappa shape index (κ3) is 26.6. The summed E-state index contributed by atoms with van der Waals surface area (Å²) in [6, 6.07) is 28.7. The van der Waals surface area contributed by atoms with Crippen molar-refractivity contribution in [2.45, 2.75) is 105 Å². The Kier molecular flexibility index (Phi) is 32.2. The van der Waals surface area contributed by atoms with Gasteiger partial charge in [-0.15, -0.1) is 40.8 Å². The zero-order valence-corrected chi connectivity index (χ0v) is 50.1. The molecule has 4 aromatic carbocycles. The number of nitrogens with two attached hydrogens (primary N) is 1. The summed E-state index contributed by atoms with van der Waals surface area (Å²) >= 11 is 0. The zero-order valence-electron chi connectivity index (χ0n) is 49.3. The van der Waals surface area contributed by atoms with Gasteiger partial charge in [0.2, 0.25) is 35.3 Å². The molecule has 25 heteroatoms. The monoisotopic (exact) mass is 1190 g/mol. The van der Waals surface area contributed by atoms with Crippen molar-refractivity contribution in [1.82, 2.24) is 56.7 Å². The summed E-state index contributed by atoms with van der Waals surface area (Å²) in [5.74, 6) is 5.54. The largest absolute Gasteiger partial charge is 0.747 e. The fourth-order valence-electron chi connectivity index (χ4n) is 7.20. The van der Waals surface area contributed by atoms with E-state index < -0.39 is 39.5 Å². The molecule has 4 amide bonds. The summed E-state index contributed by atoms with van der Waals surface area (Å²) in [4.78, 5) is 52.1. The van der Waals surface area contributed by atoms with E-state index in [1.807, 2.05) is 37.3 Å². The molecule has 7 rings (SSSR count). The Bertz CT molecular complexity index is 3130. The van der Waals surface area contributed by atoms with E-state index in [9.17, 15) is 32.1 Å². The van der Waals surface area contributed by atoms with Crippen LogP contribution in [0.25, 0.3) is 22.8 Å². The van der Waals surface area contributed by atoms with Crippen LogP contribution in [0.1, 0.15) is 106 Å². The van der Waals surface area contributed by atoms with E-state index >= 15 is 0 Å². The first-order chi connectivity index (χ1) is 41.1. The Balaban J connectivity index is 0.000000346. The van der Waals surface area contributed by atoms with Crippen LogP contribution in [-0.4, -0.2) is 149 Å². The van der Waals surface area contributed by atoms with E-state index in [0.717, 1.165) is 41.8 Å². The highest BCUT2D eigenvalue weighted by atomic mass is 32.2. The lowest BCUT2D eigenvalue weighted by Gasteiger charge is -2.28. The van der Waals surface area contributed by atoms with Crippen molar-refractivity contribution in [3.05, 3.63) is 137 Å². The number of ether oxygens (including phenoxy) is 4. The molecule has 5 N–H and O–H groups in total. The Labute approximate surface area is 498 Å². The summed E-state index contributed by atoms with van der Waals surface area (Å²) in [5, 5.41) is 37.2. The zero-order chi connectivity index (χ0) is 61.7. The predicted molar refractivity (Wildman–Crippen MR) is 319 cm³/mol. The van der Waals surface area contributed by atoms with Crippen LogP contribution >= 0.6 is 0 Å². The van der Waals surface area contributed by atoms with E-state index in [4.69, 9.17) is 24.7 Å². The van der Waals surface area contributed by atoms with Gasteiger partial charge in [-0.3, -0.25) is 19.2 Å². The highest BCUT2D eigenvalue weighted by Crippen LogP contribution is 2.27. The fraction of sp³-hybridized carbons (Fsp3) is 0.433. The number of carbonyl (C=O) groups is 4. The first kappa shape index (κ1) is 69.4. The molecule has 2 aromatic heterocycles. The third-order valence-electron chi connectivity index (χ3n) is 11.8. The topological polar surface area (TPSA) is 331 Å². The molecule has 0 spiro atoms. The standard InChI is InChI=1S/C32H29N7O6S.C22H33N5O5.C4H10.C2H7N/c1-21-35-37-31(38-36-21)25-12-10-22(11-13-25)19-34-29(40)16-17-33-32(42)28(46(43,44)45)18-30(41)39-20-26-8-3-2-6-23(26)14-15-24-7-4-5-9-27(24)39;1-3-9-29-11-13-31-15-16-32-14-12-30-10-8-21(28)23-17-19-4-6-20(7-5-19)22-26-24-18(2)25-27-22;1-3-4-2;1-2-3/h2-13,28H,16-20H2,1H3,(H,33,42)(H,34,40)(H,43,44,45);4-7H,3,8-17H2,1-2H3,(H,23,28);3-4H2,1-2H3;2-3H2,1H3/p-1. The Morgan fingerprint density at radius 3 is 1.49 bits per heavy atom. The van der Waals surface area contributed by atoms with E-state index in [1.165, 1.54) is 17.7 Å². The number of hydrogen-bond acceptors (Lipinski definition) is 20. The van der Waals surface area contributed by atoms with Crippen molar-refractivity contribution in [2.75, 3.05) is 70.8 Å². The first-order valence-electron chi connectivity index (χ1n) is 28.1. The SMILES string of the molecule is CCCC.CCCOCCOCCOCCOCCC(=O)NCc1ccc(-c2nnc(C)nn2)cc1.CCN.Cc1nnc(-c2ccc(CNC(=O)CCNC(=O)C(CC(=O)N3Cc4ccccc4C#Cc4ccccc43)S(=O)(=O)[O-])cc2)nn1. The van der Waals surface area contributed by atoms with Crippen molar-refractivity contribution >= 4 is 39.4 Å². The summed E-state index contributed by atoms with van der Waals surface area (Å²) in [7, 11) is -5.23. The summed E-state index contributed by atoms with van der Waals surface area (Å²) in [6.45, 7) is 17.2. The van der Waals surface area contributed by atoms with Gasteiger partial charge >= 0.3 is 0 Å². The highest BCUT2D eigenvalue weighted by Gasteiger charge is 2.32. The van der Waals surface area contributed by atoms with Crippen molar-refractivity contribution in [1.29, 1.82) is 0 Å². The number of benzene rings is 4. The van der Waals surface area contributed by atoms with Gasteiger partial charge in [0.25, 0.3) is 0 Å². The number of aromatic nitrogens is 8. The fourth-order valence-corrected chi connectivity index (χ4v) is 7.89. The minimum Gasteiger partial charge on any atom is -0.747 e. The molecule has 3 heterocycles. The number of amides is 4. The van der Waals surface area contributed by atoms with Crippen molar-refractivity contribution in [3.8, 4) is 34.6 Å². The van der Waals surface area contributed by atoms with Crippen molar-refractivity contribution in [2.24, 2.45) is 5.73 Å². The average molecular weight is 1190 g/mol. The molecular weight excluding hydrogens is 1110 g/mol. The van der Waals surface area contributed by atoms with Gasteiger partial charge in [0.05, 0.1) is 64.9 Å². The highest BCUT2D eigenvalue weighted by molar-refractivity contribution is 7.87. The van der Waals surface area contributed by atoms with Crippen LogP contribution in [0.5, 0.6) is 0 Å². The van der Waals surface area contributed by atoms with Crippen LogP contribution in [0.3, 0.4) is 0 Å². The molecule has 1 aliphatic heterocycles. The van der Waals surface area contributed by atoms with Crippen LogP contribution < -0.4 is 26.6 Å². The maximum Gasteiger partial charge on any atom is 0.237 e. The summed E-state index contributed by atoms with van der Waals surface area (Å²) in [6.07, 6.45) is 2.88. The number of para-hydroxylation sites is 1. The van der Waals surface area contributed by atoms with E-state index in [0.29, 0.717) is 105 Å². The number of anilines is 1. The van der Waals surface area contributed by atoms with Gasteiger partial charge in [0, 0.05) is 61.3 Å². The summed E-state index contributed by atoms with van der Waals surface area (Å²) in [5.41, 5.74) is 10.5. The smallest absolute Gasteiger partial charge is 0.237 e. The Morgan fingerprint density at radius 2 is 1.01 bits per heavy atom. The molecule has 0 saturated heterocycles. The van der Waals surface area contributed by atoms with Crippen LogP contribution in [0.4, 0.5) is 5.69 Å². The van der Waals surface area contributed by atoms with Crippen LogP contribution in [0.15, 0.2) is 97.1 Å². The average Bonchev–Trinajstić information content (AvgIpc) is 3.20. The molecule has 1 aliphatic rings. The van der Waals surface area contributed by atoms with Crippen LogP contribution in [0, 0.1) is 25.7 Å². The number of aryl methyl sites for hydroxylation is 2. The number of carbonyl (C=O) groups excluding carboxylic acids is 4. The molecule has 0 fully saturated rings. The maximum atomic E-state index is 13.5. The van der Waals surface area contributed by atoms with Crippen molar-refractivity contribution in [3.63, 3.8) is 0 Å². The van der Waals surface area contributed by atoms with Gasteiger partial charge in [-0.2, -0.15) is 0 Å². The van der Waals surface area contributed by atoms with Gasteiger partial charge in [-0.25, -0.2) is 8.42 Å². The number of unbranched alkanes of at least 4 members (excludes halogenated alkanes) is 1. The predicted octanol–water partition coefficient (Wildman–Crippen LogP) is 5.11. The van der Waals surface area contributed by atoms with Gasteiger partial charge in [0.15, 0.2) is 11.6 Å². The number of fused-ring (bicyclic) bond motifs is 2. The molecule has 24 nitrogen and oxygen atoms in total. The van der Waals surface area contributed by atoms with E-state index in [2.05, 4.69) is 89.4 Å². The van der Waals surface area contributed by atoms with Crippen LogP contribution in [-0.2, 0) is 67.9 Å². The summed E-state index contributed by atoms with van der Waals surface area (Å²) < 4.78 is 58.0. The minimum absolute atomic E-state index is 0.0605. The molecule has 456 valence electrons. The Hall–Kier alpha value is -8.09. The quantitative estimate of drug-likeness (QED) is 0.0282. The normalized spacial score (nSPS) is 11.6. The molecule has 1 unspecified atom stereocenters. The lowest BCUT2D eigenvalue weighted by Crippen LogP contribution is -2.45. The minimum atomic E-state index is -5.23. The van der Waals surface area contributed by atoms with Gasteiger partial charge in [0.1, 0.15) is 15.4 Å². The maximum absolute atomic E-state index is 13.5. The third-order valence-corrected chi connectivity index (χ3v) is 12.9. The van der Waals surface area contributed by atoms with E-state index in [-0.39, 0.29) is 32.0 Å². The molecule has 0 saturated carbocycles. The van der Waals surface area contributed by atoms with Crippen molar-refractivity contribution < 1.29 is 51.1 Å². The number of nitrogens with one attached hydrogen (secondary N) is 3. The van der Waals surface area contributed by atoms with Gasteiger partial charge in [-0.05, 0) is 61.7 Å². The lowest BCUT2D eigenvalue weighted by atomic mass is 10.0. The number of nitrogens with zero attached hydrogens (tertiary/aromatic N) is 9. The van der Waals surface area contributed by atoms with Gasteiger partial charge in [-0.1, -0.05) is 131 Å². The second-order valence-electron chi connectivity index (χ2n) is 18.7. The van der Waals surface area contributed by atoms with E-state index in [1.54, 1.807) is 80.6 Å². The lowest BCUT2D eigenvalue weighted by molar-refractivity contribution is -0.125. The molecule has 0 radical (unpaired) electrons. The number of hydrogen-bond donors (Lipinski definition) is 4. The molecule has 6 aromatic rings. The molecule has 1 atom stereocenters. The molecule has 85 heavy (non-hydrogen) atoms. The molecule has 0 aliphatic carbocycles. The van der Waals surface area contributed by atoms with Crippen LogP contribution in [0.2, 0.25) is 0 Å².